The Morgan fingerprint density at radius 2 is 1.73 bits per heavy atom. The van der Waals surface area contributed by atoms with Gasteiger partial charge in [0.1, 0.15) is 11.3 Å². The summed E-state index contributed by atoms with van der Waals surface area (Å²) in [6.07, 6.45) is 5.16. The van der Waals surface area contributed by atoms with E-state index in [1.807, 2.05) is 31.5 Å². The molecule has 0 aliphatic heterocycles. The molecule has 0 bridgehead atoms. The second kappa shape index (κ2) is 8.90. The molecular formula is C25H26N8. The molecule has 1 aromatic carbocycles. The van der Waals surface area contributed by atoms with Crippen LogP contribution < -0.4 is 0 Å². The molecular weight excluding hydrogens is 412 g/mol. The Morgan fingerprint density at radius 3 is 2.42 bits per heavy atom. The summed E-state index contributed by atoms with van der Waals surface area (Å²) in [5.41, 5.74) is 7.72. The molecule has 166 valence electrons. The van der Waals surface area contributed by atoms with E-state index in [1.165, 1.54) is 22.3 Å². The van der Waals surface area contributed by atoms with Gasteiger partial charge in [-0.1, -0.05) is 36.4 Å². The van der Waals surface area contributed by atoms with Crippen LogP contribution in [0.5, 0.6) is 0 Å². The van der Waals surface area contributed by atoms with E-state index in [1.54, 1.807) is 0 Å². The molecule has 4 aromatic heterocycles. The maximum Gasteiger partial charge on any atom is 0.175 e. The minimum absolute atomic E-state index is 0.117. The molecule has 8 heteroatoms. The summed E-state index contributed by atoms with van der Waals surface area (Å²) in [4.78, 5) is 13.8. The molecule has 0 aliphatic rings. The van der Waals surface area contributed by atoms with E-state index in [0.29, 0.717) is 12.2 Å². The number of H-pyrrole nitrogens is 1. The third-order valence-corrected chi connectivity index (χ3v) is 6.02. The van der Waals surface area contributed by atoms with Crippen LogP contribution in [-0.2, 0) is 19.4 Å². The van der Waals surface area contributed by atoms with Gasteiger partial charge in [0.2, 0.25) is 0 Å². The summed E-state index contributed by atoms with van der Waals surface area (Å²) in [6, 6.07) is 14.9. The minimum atomic E-state index is 0.117. The molecule has 4 heterocycles. The van der Waals surface area contributed by atoms with Gasteiger partial charge in [-0.05, 0) is 54.3 Å². The molecule has 0 radical (unpaired) electrons. The predicted octanol–water partition coefficient (Wildman–Crippen LogP) is 3.94. The van der Waals surface area contributed by atoms with Crippen LogP contribution in [0.25, 0.3) is 11.2 Å². The van der Waals surface area contributed by atoms with E-state index in [0.717, 1.165) is 35.6 Å². The topological polar surface area (TPSA) is 98.1 Å². The van der Waals surface area contributed by atoms with E-state index in [9.17, 15) is 0 Å². The summed E-state index contributed by atoms with van der Waals surface area (Å²) >= 11 is 0. The van der Waals surface area contributed by atoms with Crippen molar-refractivity contribution in [1.29, 1.82) is 0 Å². The quantitative estimate of drug-likeness (QED) is 0.413. The zero-order valence-corrected chi connectivity index (χ0v) is 19.0. The van der Waals surface area contributed by atoms with Gasteiger partial charge in [0.15, 0.2) is 11.5 Å². The van der Waals surface area contributed by atoms with Crippen LogP contribution >= 0.6 is 0 Å². The van der Waals surface area contributed by atoms with Crippen LogP contribution in [0.3, 0.4) is 0 Å². The second-order valence-electron chi connectivity index (χ2n) is 8.33. The molecule has 5 aromatic rings. The van der Waals surface area contributed by atoms with Crippen LogP contribution in [0, 0.1) is 13.8 Å². The summed E-state index contributed by atoms with van der Waals surface area (Å²) in [7, 11) is 0. The SMILES string of the molecule is CCc1nc2c(C)cc(C)nc2n1Cc1ccc(C(Cc2nn[nH]n2)c2ccncc2)cc1. The van der Waals surface area contributed by atoms with Crippen molar-refractivity contribution in [3.8, 4) is 0 Å². The number of pyridine rings is 2. The van der Waals surface area contributed by atoms with E-state index < -0.39 is 0 Å². The Kier molecular flexibility index (Phi) is 5.64. The number of rotatable bonds is 7. The van der Waals surface area contributed by atoms with Gasteiger partial charge in [0.05, 0.1) is 6.54 Å². The highest BCUT2D eigenvalue weighted by Crippen LogP contribution is 2.28. The lowest BCUT2D eigenvalue weighted by Crippen LogP contribution is -2.08. The van der Waals surface area contributed by atoms with E-state index >= 15 is 0 Å². The van der Waals surface area contributed by atoms with Gasteiger partial charge in [-0.3, -0.25) is 4.98 Å². The first-order chi connectivity index (χ1) is 16.1. The summed E-state index contributed by atoms with van der Waals surface area (Å²) in [5, 5.41) is 14.6. The first kappa shape index (κ1) is 20.9. The smallest absolute Gasteiger partial charge is 0.175 e. The van der Waals surface area contributed by atoms with Crippen LogP contribution in [-0.4, -0.2) is 40.1 Å². The van der Waals surface area contributed by atoms with Gasteiger partial charge in [0.25, 0.3) is 0 Å². The van der Waals surface area contributed by atoms with Gasteiger partial charge < -0.3 is 4.57 Å². The van der Waals surface area contributed by atoms with Crippen molar-refractivity contribution < 1.29 is 0 Å². The van der Waals surface area contributed by atoms with Crippen molar-refractivity contribution in [2.45, 2.75) is 46.1 Å². The molecule has 0 spiro atoms. The lowest BCUT2D eigenvalue weighted by molar-refractivity contribution is 0.739. The van der Waals surface area contributed by atoms with Crippen molar-refractivity contribution in [1.82, 2.24) is 40.1 Å². The van der Waals surface area contributed by atoms with Crippen LogP contribution in [0.4, 0.5) is 0 Å². The lowest BCUT2D eigenvalue weighted by atomic mass is 9.88. The third kappa shape index (κ3) is 4.24. The standard InChI is InChI=1S/C25H26N8/c1-4-23-28-24-16(2)13-17(3)27-25(24)33(23)15-18-5-7-19(8-6-18)21(14-22-29-31-32-30-22)20-9-11-26-12-10-20/h5-13,21H,4,14-15H2,1-3H3,(H,29,30,31,32). The van der Waals surface area contributed by atoms with Crippen molar-refractivity contribution in [3.05, 3.63) is 94.5 Å². The molecule has 1 unspecified atom stereocenters. The second-order valence-corrected chi connectivity index (χ2v) is 8.33. The molecule has 0 amide bonds. The molecule has 0 aliphatic carbocycles. The zero-order valence-electron chi connectivity index (χ0n) is 19.0. The van der Waals surface area contributed by atoms with Crippen LogP contribution in [0.1, 0.15) is 52.4 Å². The Labute approximate surface area is 192 Å². The van der Waals surface area contributed by atoms with Crippen LogP contribution in [0.2, 0.25) is 0 Å². The van der Waals surface area contributed by atoms with Crippen molar-refractivity contribution in [2.75, 3.05) is 0 Å². The maximum absolute atomic E-state index is 4.87. The molecule has 0 fully saturated rings. The highest BCUT2D eigenvalue weighted by atomic mass is 15.5. The Morgan fingerprint density at radius 1 is 0.970 bits per heavy atom. The molecule has 1 N–H and O–H groups in total. The Hall–Kier alpha value is -3.94. The molecule has 0 saturated carbocycles. The average molecular weight is 439 g/mol. The van der Waals surface area contributed by atoms with E-state index in [2.05, 4.69) is 74.4 Å². The number of aromatic amines is 1. The van der Waals surface area contributed by atoms with E-state index in [-0.39, 0.29) is 5.92 Å². The monoisotopic (exact) mass is 438 g/mol. The number of hydrogen-bond donors (Lipinski definition) is 1. The largest absolute Gasteiger partial charge is 0.308 e. The molecule has 0 saturated heterocycles. The summed E-state index contributed by atoms with van der Waals surface area (Å²) < 4.78 is 2.24. The van der Waals surface area contributed by atoms with Gasteiger partial charge in [-0.15, -0.1) is 10.2 Å². The average Bonchev–Trinajstić information content (AvgIpc) is 3.47. The molecule has 33 heavy (non-hydrogen) atoms. The Balaban J connectivity index is 1.47. The predicted molar refractivity (Wildman–Crippen MR) is 126 cm³/mol. The van der Waals surface area contributed by atoms with Gasteiger partial charge in [-0.2, -0.15) is 5.21 Å². The first-order valence-corrected chi connectivity index (χ1v) is 11.2. The van der Waals surface area contributed by atoms with Gasteiger partial charge in [0, 0.05) is 36.8 Å². The summed E-state index contributed by atoms with van der Waals surface area (Å²) in [5.74, 6) is 1.86. The molecule has 1 atom stereocenters. The fourth-order valence-electron chi connectivity index (χ4n) is 4.40. The van der Waals surface area contributed by atoms with Crippen molar-refractivity contribution in [2.24, 2.45) is 0 Å². The normalized spacial score (nSPS) is 12.3. The van der Waals surface area contributed by atoms with Crippen molar-refractivity contribution in [3.63, 3.8) is 0 Å². The lowest BCUT2D eigenvalue weighted by Gasteiger charge is -2.17. The fraction of sp³-hybridized carbons (Fsp3) is 0.280. The minimum Gasteiger partial charge on any atom is -0.308 e. The van der Waals surface area contributed by atoms with Gasteiger partial charge in [-0.25, -0.2) is 9.97 Å². The first-order valence-electron chi connectivity index (χ1n) is 11.2. The molecule has 5 rings (SSSR count). The maximum atomic E-state index is 4.87. The number of aromatic nitrogens is 8. The Bertz CT molecular complexity index is 1360. The zero-order chi connectivity index (χ0) is 22.8. The highest BCUT2D eigenvalue weighted by Gasteiger charge is 2.18. The third-order valence-electron chi connectivity index (χ3n) is 6.02. The number of benzene rings is 1. The fourth-order valence-corrected chi connectivity index (χ4v) is 4.40. The number of nitrogens with one attached hydrogen (secondary N) is 1. The number of tetrazole rings is 1. The van der Waals surface area contributed by atoms with Crippen molar-refractivity contribution >= 4 is 11.2 Å². The van der Waals surface area contributed by atoms with E-state index in [4.69, 9.17) is 9.97 Å². The summed E-state index contributed by atoms with van der Waals surface area (Å²) in [6.45, 7) is 7.01. The highest BCUT2D eigenvalue weighted by molar-refractivity contribution is 5.76. The number of fused-ring (bicyclic) bond motifs is 1. The molecule has 8 nitrogen and oxygen atoms in total. The van der Waals surface area contributed by atoms with Crippen LogP contribution in [0.15, 0.2) is 54.9 Å². The van der Waals surface area contributed by atoms with Gasteiger partial charge >= 0.3 is 0 Å². The number of imidazole rings is 1. The number of aryl methyl sites for hydroxylation is 3. The number of nitrogens with zero attached hydrogens (tertiary/aromatic N) is 7. The number of hydrogen-bond acceptors (Lipinski definition) is 6.